The van der Waals surface area contributed by atoms with Crippen molar-refractivity contribution >= 4 is 5.97 Å². The largest absolute Gasteiger partial charge is 0.508 e. The zero-order valence-corrected chi connectivity index (χ0v) is 20.0. The number of cyclic esters (lactones) is 1. The lowest BCUT2D eigenvalue weighted by atomic mass is 9.90. The normalized spacial score (nSPS) is 21.1. The second kappa shape index (κ2) is 12.1. The predicted molar refractivity (Wildman–Crippen MR) is 124 cm³/mol. The van der Waals surface area contributed by atoms with Crippen LogP contribution in [0.1, 0.15) is 65.4 Å². The van der Waals surface area contributed by atoms with Crippen LogP contribution in [0.25, 0.3) is 0 Å². The lowest BCUT2D eigenvalue weighted by Crippen LogP contribution is -2.39. The monoisotopic (exact) mass is 446 g/mol. The fraction of sp³-hybridized carbons (Fsp3) is 0.577. The fourth-order valence-corrected chi connectivity index (χ4v) is 3.88. The van der Waals surface area contributed by atoms with Crippen molar-refractivity contribution < 1.29 is 28.9 Å². The van der Waals surface area contributed by atoms with Crippen molar-refractivity contribution in [1.82, 2.24) is 0 Å². The Bertz CT molecular complexity index is 815. The molecule has 0 saturated carbocycles. The van der Waals surface area contributed by atoms with Gasteiger partial charge in [-0.3, -0.25) is 0 Å². The van der Waals surface area contributed by atoms with E-state index in [4.69, 9.17) is 13.9 Å². The second-order valence-electron chi connectivity index (χ2n) is 9.10. The van der Waals surface area contributed by atoms with Crippen LogP contribution in [-0.2, 0) is 20.7 Å². The SMILES string of the molecule is COC(C=CC(C)CCC=C(C)CC1OC(=O)C(C)=C1O)C(C)(O)CCCc1ccoc1. The number of methoxy groups -OCH3 is 1. The van der Waals surface area contributed by atoms with Crippen molar-refractivity contribution in [3.63, 3.8) is 0 Å². The Morgan fingerprint density at radius 3 is 2.72 bits per heavy atom. The summed E-state index contributed by atoms with van der Waals surface area (Å²) in [5.41, 5.74) is 1.56. The molecular weight excluding hydrogens is 408 g/mol. The van der Waals surface area contributed by atoms with Crippen molar-refractivity contribution in [1.29, 1.82) is 0 Å². The zero-order valence-electron chi connectivity index (χ0n) is 20.0. The minimum atomic E-state index is -0.947. The minimum Gasteiger partial charge on any atom is -0.508 e. The van der Waals surface area contributed by atoms with Crippen LogP contribution in [0.4, 0.5) is 0 Å². The molecule has 6 heteroatoms. The lowest BCUT2D eigenvalue weighted by Gasteiger charge is -2.30. The molecule has 2 rings (SSSR count). The molecule has 4 atom stereocenters. The number of ether oxygens (including phenoxy) is 2. The molecular formula is C26H38O6. The fourth-order valence-electron chi connectivity index (χ4n) is 3.88. The summed E-state index contributed by atoms with van der Waals surface area (Å²) in [4.78, 5) is 11.5. The molecule has 6 nitrogen and oxygen atoms in total. The smallest absolute Gasteiger partial charge is 0.338 e. The van der Waals surface area contributed by atoms with Crippen molar-refractivity contribution in [2.24, 2.45) is 5.92 Å². The third-order valence-electron chi connectivity index (χ3n) is 6.08. The molecule has 1 aromatic heterocycles. The summed E-state index contributed by atoms with van der Waals surface area (Å²) in [6.07, 6.45) is 13.3. The van der Waals surface area contributed by atoms with Crippen LogP contribution in [0.5, 0.6) is 0 Å². The van der Waals surface area contributed by atoms with Crippen LogP contribution in [0, 0.1) is 5.92 Å². The molecule has 0 bridgehead atoms. The Morgan fingerprint density at radius 2 is 2.12 bits per heavy atom. The van der Waals surface area contributed by atoms with E-state index in [0.717, 1.165) is 36.8 Å². The first-order valence-corrected chi connectivity index (χ1v) is 11.3. The Hall–Kier alpha value is -2.31. The highest BCUT2D eigenvalue weighted by Crippen LogP contribution is 2.26. The molecule has 0 aromatic carbocycles. The van der Waals surface area contributed by atoms with Crippen molar-refractivity contribution in [2.75, 3.05) is 7.11 Å². The third-order valence-corrected chi connectivity index (χ3v) is 6.08. The molecule has 0 radical (unpaired) electrons. The number of aliphatic hydroxyl groups excluding tert-OH is 1. The lowest BCUT2D eigenvalue weighted by molar-refractivity contribution is -0.140. The first kappa shape index (κ1) is 25.9. The Kier molecular flexibility index (Phi) is 9.79. The van der Waals surface area contributed by atoms with Gasteiger partial charge in [0.15, 0.2) is 6.10 Å². The minimum absolute atomic E-state index is 0.0430. The van der Waals surface area contributed by atoms with E-state index in [0.29, 0.717) is 24.3 Å². The summed E-state index contributed by atoms with van der Waals surface area (Å²) in [5.74, 6) is -0.0797. The molecule has 0 aliphatic carbocycles. The molecule has 0 spiro atoms. The number of hydrogen-bond acceptors (Lipinski definition) is 6. The molecule has 1 aromatic rings. The van der Waals surface area contributed by atoms with Gasteiger partial charge >= 0.3 is 5.97 Å². The number of rotatable bonds is 13. The number of aryl methyl sites for hydroxylation is 1. The summed E-state index contributed by atoms with van der Waals surface area (Å²) in [6.45, 7) is 7.52. The number of furan rings is 1. The molecule has 0 fully saturated rings. The quantitative estimate of drug-likeness (QED) is 0.310. The summed E-state index contributed by atoms with van der Waals surface area (Å²) < 4.78 is 15.8. The third kappa shape index (κ3) is 7.68. The zero-order chi connectivity index (χ0) is 23.7. The molecule has 1 aliphatic rings. The van der Waals surface area contributed by atoms with Crippen molar-refractivity contribution in [3.8, 4) is 0 Å². The van der Waals surface area contributed by atoms with Gasteiger partial charge in [-0.05, 0) is 70.4 Å². The van der Waals surface area contributed by atoms with Crippen LogP contribution in [-0.4, -0.2) is 41.1 Å². The van der Waals surface area contributed by atoms with Gasteiger partial charge in [-0.1, -0.05) is 30.7 Å². The van der Waals surface area contributed by atoms with Gasteiger partial charge in [-0.15, -0.1) is 0 Å². The molecule has 0 amide bonds. The van der Waals surface area contributed by atoms with Crippen LogP contribution >= 0.6 is 0 Å². The van der Waals surface area contributed by atoms with Gasteiger partial charge in [0.2, 0.25) is 0 Å². The van der Waals surface area contributed by atoms with Crippen molar-refractivity contribution in [3.05, 3.63) is 59.3 Å². The standard InChI is InChI=1S/C26H38O6/c1-18(8-6-9-19(2)16-22-24(27)20(3)25(28)32-22)11-12-23(30-5)26(4,29)14-7-10-21-13-15-31-17-21/h9,11-13,15,17-18,22-23,27,29H,6-8,10,14,16H2,1-5H3. The van der Waals surface area contributed by atoms with E-state index in [1.54, 1.807) is 26.6 Å². The van der Waals surface area contributed by atoms with E-state index in [1.165, 1.54) is 0 Å². The average molecular weight is 447 g/mol. The first-order chi connectivity index (χ1) is 15.1. The number of carbonyl (C=O) groups excluding carboxylic acids is 1. The highest BCUT2D eigenvalue weighted by molar-refractivity contribution is 5.91. The second-order valence-corrected chi connectivity index (χ2v) is 9.10. The van der Waals surface area contributed by atoms with E-state index in [2.05, 4.69) is 19.1 Å². The van der Waals surface area contributed by atoms with Crippen LogP contribution < -0.4 is 0 Å². The Balaban J connectivity index is 1.77. The van der Waals surface area contributed by atoms with Gasteiger partial charge in [-0.25, -0.2) is 4.79 Å². The summed E-state index contributed by atoms with van der Waals surface area (Å²) in [6, 6.07) is 1.95. The van der Waals surface area contributed by atoms with E-state index < -0.39 is 17.7 Å². The molecule has 0 saturated heterocycles. The molecule has 1 aliphatic heterocycles. The maximum Gasteiger partial charge on any atom is 0.338 e. The maximum absolute atomic E-state index is 11.5. The Morgan fingerprint density at radius 1 is 1.38 bits per heavy atom. The van der Waals surface area contributed by atoms with E-state index in [9.17, 15) is 15.0 Å². The highest BCUT2D eigenvalue weighted by Gasteiger charge is 2.31. The number of esters is 1. The van der Waals surface area contributed by atoms with Crippen LogP contribution in [0.3, 0.4) is 0 Å². The molecule has 4 unspecified atom stereocenters. The van der Waals surface area contributed by atoms with Gasteiger partial charge in [-0.2, -0.15) is 0 Å². The average Bonchev–Trinajstić information content (AvgIpc) is 3.33. The number of aliphatic hydroxyl groups is 2. The summed E-state index contributed by atoms with van der Waals surface area (Å²) >= 11 is 0. The van der Waals surface area contributed by atoms with Gasteiger partial charge in [0, 0.05) is 13.5 Å². The topological polar surface area (TPSA) is 89.1 Å². The van der Waals surface area contributed by atoms with E-state index in [-0.39, 0.29) is 11.9 Å². The molecule has 32 heavy (non-hydrogen) atoms. The summed E-state index contributed by atoms with van der Waals surface area (Å²) in [5, 5.41) is 20.9. The van der Waals surface area contributed by atoms with E-state index >= 15 is 0 Å². The van der Waals surface area contributed by atoms with Gasteiger partial charge < -0.3 is 24.1 Å². The van der Waals surface area contributed by atoms with Crippen LogP contribution in [0.2, 0.25) is 0 Å². The molecule has 2 N–H and O–H groups in total. The number of hydrogen-bond donors (Lipinski definition) is 2. The van der Waals surface area contributed by atoms with Gasteiger partial charge in [0.1, 0.15) is 11.9 Å². The number of allylic oxidation sites excluding steroid dienone is 2. The van der Waals surface area contributed by atoms with Crippen molar-refractivity contribution in [2.45, 2.75) is 84.0 Å². The predicted octanol–water partition coefficient (Wildman–Crippen LogP) is 5.43. The van der Waals surface area contributed by atoms with E-state index in [1.807, 2.05) is 26.0 Å². The first-order valence-electron chi connectivity index (χ1n) is 11.3. The molecule has 178 valence electrons. The number of carbonyl (C=O) groups is 1. The summed E-state index contributed by atoms with van der Waals surface area (Å²) in [7, 11) is 1.62. The highest BCUT2D eigenvalue weighted by atomic mass is 16.6. The Labute approximate surface area is 191 Å². The van der Waals surface area contributed by atoms with Gasteiger partial charge in [0.05, 0.1) is 23.7 Å². The molecule has 2 heterocycles. The van der Waals surface area contributed by atoms with Crippen LogP contribution in [0.15, 0.2) is 58.1 Å². The maximum atomic E-state index is 11.5. The van der Waals surface area contributed by atoms with Gasteiger partial charge in [0.25, 0.3) is 0 Å².